The molecule has 0 saturated heterocycles. The van der Waals surface area contributed by atoms with Crippen LogP contribution in [0.3, 0.4) is 0 Å². The number of nitrogens with two attached hydrogens (primary N) is 1. The third-order valence-electron chi connectivity index (χ3n) is 2.69. The zero-order chi connectivity index (χ0) is 13.0. The van der Waals surface area contributed by atoms with Crippen molar-refractivity contribution in [3.8, 4) is 0 Å². The molecule has 5 nitrogen and oxygen atoms in total. The van der Waals surface area contributed by atoms with Crippen LogP contribution in [-0.4, -0.2) is 21.3 Å². The summed E-state index contributed by atoms with van der Waals surface area (Å²) in [4.78, 5) is 4.18. The van der Waals surface area contributed by atoms with Gasteiger partial charge in [-0.05, 0) is 18.9 Å². The minimum atomic E-state index is 0.439. The van der Waals surface area contributed by atoms with Gasteiger partial charge in [0.05, 0.1) is 6.54 Å². The summed E-state index contributed by atoms with van der Waals surface area (Å²) < 4.78 is 1.71. The van der Waals surface area contributed by atoms with Gasteiger partial charge in [0.25, 0.3) is 0 Å². The number of nitrogens with one attached hydrogen (secondary N) is 1. The fraction of sp³-hybridized carbons (Fsp3) is 0.385. The number of hydrogen-bond acceptors (Lipinski definition) is 4. The molecule has 1 aromatic heterocycles. The predicted octanol–water partition coefficient (Wildman–Crippen LogP) is 2.04. The Hall–Kier alpha value is -2.04. The molecule has 0 aliphatic heterocycles. The number of aromatic nitrogens is 3. The molecule has 0 bridgehead atoms. The van der Waals surface area contributed by atoms with Crippen molar-refractivity contribution in [2.24, 2.45) is 0 Å². The second-order valence-electron chi connectivity index (χ2n) is 4.36. The van der Waals surface area contributed by atoms with E-state index < -0.39 is 0 Å². The van der Waals surface area contributed by atoms with Gasteiger partial charge in [0.1, 0.15) is 0 Å². The van der Waals surface area contributed by atoms with Crippen LogP contribution in [0.1, 0.15) is 24.5 Å². The quantitative estimate of drug-likeness (QED) is 0.845. The standard InChI is InChI=1S/C13H19N5/c1-3-8-15-13-16-12(14)18(17-13)9-11-6-4-10(2)5-7-11/h4-7H,3,8-9H2,1-2H3,(H3,14,15,16,17). The van der Waals surface area contributed by atoms with E-state index in [4.69, 9.17) is 5.73 Å². The van der Waals surface area contributed by atoms with E-state index >= 15 is 0 Å². The lowest BCUT2D eigenvalue weighted by Gasteiger charge is -2.03. The van der Waals surface area contributed by atoms with Gasteiger partial charge in [-0.15, -0.1) is 5.10 Å². The molecule has 2 rings (SSSR count). The van der Waals surface area contributed by atoms with Crippen molar-refractivity contribution in [1.82, 2.24) is 14.8 Å². The molecule has 2 aromatic rings. The molecule has 0 fully saturated rings. The van der Waals surface area contributed by atoms with Gasteiger partial charge in [0, 0.05) is 6.54 Å². The summed E-state index contributed by atoms with van der Waals surface area (Å²) in [7, 11) is 0. The Morgan fingerprint density at radius 3 is 2.67 bits per heavy atom. The van der Waals surface area contributed by atoms with E-state index in [2.05, 4.69) is 53.5 Å². The van der Waals surface area contributed by atoms with Crippen molar-refractivity contribution in [3.63, 3.8) is 0 Å². The van der Waals surface area contributed by atoms with Crippen molar-refractivity contribution in [3.05, 3.63) is 35.4 Å². The van der Waals surface area contributed by atoms with E-state index in [9.17, 15) is 0 Å². The summed E-state index contributed by atoms with van der Waals surface area (Å²) in [5.74, 6) is 1.04. The molecule has 0 unspecified atom stereocenters. The van der Waals surface area contributed by atoms with Gasteiger partial charge in [-0.2, -0.15) is 4.98 Å². The van der Waals surface area contributed by atoms with Crippen molar-refractivity contribution in [2.75, 3.05) is 17.6 Å². The minimum Gasteiger partial charge on any atom is -0.368 e. The number of nitrogen functional groups attached to an aromatic ring is 1. The van der Waals surface area contributed by atoms with Crippen molar-refractivity contribution < 1.29 is 0 Å². The summed E-state index contributed by atoms with van der Waals surface area (Å²) in [5, 5.41) is 7.46. The number of anilines is 2. The molecule has 96 valence electrons. The largest absolute Gasteiger partial charge is 0.368 e. The fourth-order valence-electron chi connectivity index (χ4n) is 1.65. The number of hydrogen-bond donors (Lipinski definition) is 2. The maximum Gasteiger partial charge on any atom is 0.243 e. The van der Waals surface area contributed by atoms with Crippen LogP contribution in [0.25, 0.3) is 0 Å². The lowest BCUT2D eigenvalue weighted by molar-refractivity contribution is 0.697. The Bertz CT molecular complexity index is 501. The maximum atomic E-state index is 5.84. The van der Waals surface area contributed by atoms with Gasteiger partial charge >= 0.3 is 0 Å². The minimum absolute atomic E-state index is 0.439. The molecule has 3 N–H and O–H groups in total. The summed E-state index contributed by atoms with van der Waals surface area (Å²) in [6, 6.07) is 8.32. The van der Waals surface area contributed by atoms with Crippen LogP contribution in [0, 0.1) is 6.92 Å². The SMILES string of the molecule is CCCNc1nc(N)n(Cc2ccc(C)cc2)n1. The zero-order valence-electron chi connectivity index (χ0n) is 10.8. The highest BCUT2D eigenvalue weighted by atomic mass is 15.4. The van der Waals surface area contributed by atoms with Crippen LogP contribution in [0.15, 0.2) is 24.3 Å². The summed E-state index contributed by atoms with van der Waals surface area (Å²) in [6.45, 7) is 5.67. The molecule has 18 heavy (non-hydrogen) atoms. The molecule has 5 heteroatoms. The molecule has 0 aliphatic carbocycles. The predicted molar refractivity (Wildman–Crippen MR) is 73.5 cm³/mol. The normalized spacial score (nSPS) is 10.6. The number of benzene rings is 1. The lowest BCUT2D eigenvalue weighted by Crippen LogP contribution is -2.07. The molecule has 1 aromatic carbocycles. The molecule has 0 amide bonds. The Kier molecular flexibility index (Phi) is 3.82. The van der Waals surface area contributed by atoms with Gasteiger partial charge in [-0.1, -0.05) is 36.8 Å². The summed E-state index contributed by atoms with van der Waals surface area (Å²) in [6.07, 6.45) is 1.03. The van der Waals surface area contributed by atoms with Crippen LogP contribution < -0.4 is 11.1 Å². The third-order valence-corrected chi connectivity index (χ3v) is 2.69. The molecule has 0 atom stereocenters. The molecular weight excluding hydrogens is 226 g/mol. The van der Waals surface area contributed by atoms with Crippen molar-refractivity contribution in [1.29, 1.82) is 0 Å². The molecule has 1 heterocycles. The Morgan fingerprint density at radius 2 is 2.00 bits per heavy atom. The number of aryl methyl sites for hydroxylation is 1. The van der Waals surface area contributed by atoms with Gasteiger partial charge in [0.15, 0.2) is 0 Å². The molecule has 0 aliphatic rings. The zero-order valence-corrected chi connectivity index (χ0v) is 10.8. The number of rotatable bonds is 5. The summed E-state index contributed by atoms with van der Waals surface area (Å²) in [5.41, 5.74) is 8.25. The van der Waals surface area contributed by atoms with Crippen molar-refractivity contribution >= 4 is 11.9 Å². The van der Waals surface area contributed by atoms with Gasteiger partial charge in [0.2, 0.25) is 11.9 Å². The van der Waals surface area contributed by atoms with Crippen LogP contribution in [0.5, 0.6) is 0 Å². The third kappa shape index (κ3) is 3.00. The maximum absolute atomic E-state index is 5.84. The average Bonchev–Trinajstić information content (AvgIpc) is 2.70. The second-order valence-corrected chi connectivity index (χ2v) is 4.36. The van der Waals surface area contributed by atoms with Gasteiger partial charge < -0.3 is 11.1 Å². The highest BCUT2D eigenvalue weighted by molar-refractivity contribution is 5.32. The Balaban J connectivity index is 2.08. The monoisotopic (exact) mass is 245 g/mol. The van der Waals surface area contributed by atoms with Crippen LogP contribution in [0.4, 0.5) is 11.9 Å². The lowest BCUT2D eigenvalue weighted by atomic mass is 10.1. The topological polar surface area (TPSA) is 68.8 Å². The summed E-state index contributed by atoms with van der Waals surface area (Å²) >= 11 is 0. The second kappa shape index (κ2) is 5.53. The Morgan fingerprint density at radius 1 is 1.28 bits per heavy atom. The van der Waals surface area contributed by atoms with Gasteiger partial charge in [-0.3, -0.25) is 0 Å². The van der Waals surface area contributed by atoms with E-state index in [1.54, 1.807) is 4.68 Å². The first-order valence-corrected chi connectivity index (χ1v) is 6.18. The molecule has 0 saturated carbocycles. The first kappa shape index (κ1) is 12.4. The first-order valence-electron chi connectivity index (χ1n) is 6.18. The molecule has 0 spiro atoms. The smallest absolute Gasteiger partial charge is 0.243 e. The van der Waals surface area contributed by atoms with Gasteiger partial charge in [-0.25, -0.2) is 4.68 Å². The highest BCUT2D eigenvalue weighted by Crippen LogP contribution is 2.10. The van der Waals surface area contributed by atoms with E-state index in [1.807, 2.05) is 0 Å². The molecule has 0 radical (unpaired) electrons. The van der Waals surface area contributed by atoms with E-state index in [-0.39, 0.29) is 0 Å². The van der Waals surface area contributed by atoms with E-state index in [0.717, 1.165) is 13.0 Å². The molecular formula is C13H19N5. The van der Waals surface area contributed by atoms with Crippen LogP contribution >= 0.6 is 0 Å². The average molecular weight is 245 g/mol. The van der Waals surface area contributed by atoms with Crippen molar-refractivity contribution in [2.45, 2.75) is 26.8 Å². The van der Waals surface area contributed by atoms with Crippen LogP contribution in [0.2, 0.25) is 0 Å². The van der Waals surface area contributed by atoms with Crippen LogP contribution in [-0.2, 0) is 6.54 Å². The number of nitrogens with zero attached hydrogens (tertiary/aromatic N) is 3. The Labute approximate surface area is 107 Å². The fourth-order valence-corrected chi connectivity index (χ4v) is 1.65. The van der Waals surface area contributed by atoms with E-state index in [0.29, 0.717) is 18.4 Å². The highest BCUT2D eigenvalue weighted by Gasteiger charge is 2.06. The first-order chi connectivity index (χ1) is 8.69. The van der Waals surface area contributed by atoms with E-state index in [1.165, 1.54) is 11.1 Å².